The smallest absolute Gasteiger partial charge is 0.289 e. The van der Waals surface area contributed by atoms with Crippen molar-refractivity contribution in [2.75, 3.05) is 6.54 Å². The van der Waals surface area contributed by atoms with Crippen LogP contribution in [-0.2, 0) is 20.4 Å². The molecule has 0 amide bonds. The monoisotopic (exact) mass is 489 g/mol. The van der Waals surface area contributed by atoms with Crippen LogP contribution in [0.3, 0.4) is 0 Å². The van der Waals surface area contributed by atoms with Gasteiger partial charge in [-0.05, 0) is 36.4 Å². The lowest BCUT2D eigenvalue weighted by molar-refractivity contribution is -0.387. The van der Waals surface area contributed by atoms with Gasteiger partial charge in [-0.2, -0.15) is 0 Å². The van der Waals surface area contributed by atoms with Crippen LogP contribution in [0.4, 0.5) is 5.69 Å². The summed E-state index contributed by atoms with van der Waals surface area (Å²) in [5.41, 5.74) is -0.998. The molecule has 2 unspecified atom stereocenters. The van der Waals surface area contributed by atoms with Crippen LogP contribution in [0.25, 0.3) is 5.69 Å². The molecule has 0 aliphatic carbocycles. The molecule has 0 radical (unpaired) electrons. The Hall–Kier alpha value is -3.38. The summed E-state index contributed by atoms with van der Waals surface area (Å²) in [6.07, 6.45) is 2.54. The zero-order chi connectivity index (χ0) is 23.5. The molecule has 0 saturated heterocycles. The maximum Gasteiger partial charge on any atom is 0.289 e. The summed E-state index contributed by atoms with van der Waals surface area (Å²) >= 11 is 5.93. The number of hydrogen-bond acceptors (Lipinski definition) is 7. The molecule has 33 heavy (non-hydrogen) atoms. The molecule has 0 saturated carbocycles. The first-order valence-corrected chi connectivity index (χ1v) is 11.5. The molecule has 2 atom stereocenters. The highest BCUT2D eigenvalue weighted by Gasteiger charge is 2.53. The van der Waals surface area contributed by atoms with Gasteiger partial charge in [0.1, 0.15) is 11.7 Å². The van der Waals surface area contributed by atoms with Crippen molar-refractivity contribution < 1.29 is 28.3 Å². The second kappa shape index (κ2) is 7.32. The number of aromatic hydroxyl groups is 2. The van der Waals surface area contributed by atoms with Crippen LogP contribution in [0.5, 0.6) is 11.8 Å². The van der Waals surface area contributed by atoms with E-state index >= 15 is 0 Å². The Labute approximate surface area is 192 Å². The summed E-state index contributed by atoms with van der Waals surface area (Å²) < 4.78 is 35.3. The maximum atomic E-state index is 12.9. The van der Waals surface area contributed by atoms with Gasteiger partial charge in [-0.25, -0.2) is 13.1 Å². The highest BCUT2D eigenvalue weighted by molar-refractivity contribution is 7.89. The standard InChI is InChI=1S/C21H16ClN3O7S/c22-12-5-7-13(8-6-12)24-19(26)17-15-9-10-21(32-15,18(17)20(24)27)11-23-33(30,31)16-4-2-1-3-14(16)25(28)29/h1-10,15,23,26-27H,11H2. The highest BCUT2D eigenvalue weighted by atomic mass is 35.5. The van der Waals surface area contributed by atoms with Gasteiger partial charge < -0.3 is 14.9 Å². The third-order valence-electron chi connectivity index (χ3n) is 5.70. The number of sulfonamides is 1. The largest absolute Gasteiger partial charge is 0.494 e. The van der Waals surface area contributed by atoms with Crippen LogP contribution in [0.1, 0.15) is 17.2 Å². The number of aromatic nitrogens is 1. The third kappa shape index (κ3) is 3.20. The summed E-state index contributed by atoms with van der Waals surface area (Å²) in [4.78, 5) is 9.99. The Morgan fingerprint density at radius 2 is 1.85 bits per heavy atom. The first-order chi connectivity index (χ1) is 15.6. The lowest BCUT2D eigenvalue weighted by atomic mass is 9.90. The van der Waals surface area contributed by atoms with Crippen molar-refractivity contribution in [3.05, 3.63) is 86.9 Å². The zero-order valence-electron chi connectivity index (χ0n) is 16.7. The van der Waals surface area contributed by atoms with Crippen LogP contribution in [0.2, 0.25) is 5.02 Å². The Morgan fingerprint density at radius 1 is 1.15 bits per heavy atom. The second-order valence-corrected chi connectivity index (χ2v) is 9.76. The van der Waals surface area contributed by atoms with E-state index in [1.807, 2.05) is 0 Å². The average Bonchev–Trinajstić information content (AvgIpc) is 3.44. The van der Waals surface area contributed by atoms with E-state index in [0.717, 1.165) is 12.1 Å². The average molecular weight is 490 g/mol. The maximum absolute atomic E-state index is 12.9. The molecule has 3 aromatic rings. The molecule has 1 aromatic heterocycles. The summed E-state index contributed by atoms with van der Waals surface area (Å²) in [5, 5.41) is 33.6. The number of fused-ring (bicyclic) bond motifs is 5. The van der Waals surface area contributed by atoms with Crippen LogP contribution in [0.15, 0.2) is 65.6 Å². The molecule has 3 N–H and O–H groups in total. The van der Waals surface area contributed by atoms with Gasteiger partial charge in [0.05, 0.1) is 21.7 Å². The van der Waals surface area contributed by atoms with Crippen LogP contribution >= 0.6 is 11.6 Å². The number of nitro groups is 1. The molecule has 2 aliphatic rings. The Balaban J connectivity index is 1.52. The van der Waals surface area contributed by atoms with Crippen molar-refractivity contribution in [3.63, 3.8) is 0 Å². The fourth-order valence-corrected chi connectivity index (χ4v) is 5.60. The lowest BCUT2D eigenvalue weighted by Gasteiger charge is -2.24. The second-order valence-electron chi connectivity index (χ2n) is 7.58. The Morgan fingerprint density at radius 3 is 2.55 bits per heavy atom. The predicted octanol–water partition coefficient (Wildman–Crippen LogP) is 3.27. The fraction of sp³-hybridized carbons (Fsp3) is 0.143. The quantitative estimate of drug-likeness (QED) is 0.274. The van der Waals surface area contributed by atoms with Crippen molar-refractivity contribution in [2.45, 2.75) is 16.6 Å². The van der Waals surface area contributed by atoms with E-state index in [1.165, 1.54) is 16.7 Å². The Bertz CT molecular complexity index is 1430. The molecular formula is C21H16ClN3O7S. The molecule has 170 valence electrons. The molecular weight excluding hydrogens is 474 g/mol. The van der Waals surface area contributed by atoms with Crippen LogP contribution in [-0.4, -0.2) is 34.7 Å². The van der Waals surface area contributed by atoms with E-state index in [0.29, 0.717) is 16.3 Å². The Kier molecular flexibility index (Phi) is 4.76. The van der Waals surface area contributed by atoms with E-state index in [9.17, 15) is 28.7 Å². The van der Waals surface area contributed by atoms with Crippen LogP contribution in [0, 0.1) is 10.1 Å². The third-order valence-corrected chi connectivity index (χ3v) is 7.40. The number of hydrogen-bond donors (Lipinski definition) is 3. The normalized spacial score (nSPS) is 20.8. The molecule has 10 nitrogen and oxygen atoms in total. The molecule has 12 heteroatoms. The number of halogens is 1. The van der Waals surface area contributed by atoms with Gasteiger partial charge in [-0.1, -0.05) is 29.8 Å². The molecule has 0 spiro atoms. The molecule has 2 bridgehead atoms. The van der Waals surface area contributed by atoms with E-state index in [1.54, 1.807) is 36.4 Å². The van der Waals surface area contributed by atoms with E-state index in [4.69, 9.17) is 16.3 Å². The first-order valence-electron chi connectivity index (χ1n) is 9.68. The van der Waals surface area contributed by atoms with Gasteiger partial charge in [0.2, 0.25) is 21.8 Å². The van der Waals surface area contributed by atoms with Crippen molar-refractivity contribution in [1.82, 2.24) is 9.29 Å². The van der Waals surface area contributed by atoms with E-state index < -0.39 is 37.2 Å². The van der Waals surface area contributed by atoms with Crippen LogP contribution < -0.4 is 4.72 Å². The number of nitro benzene ring substituents is 1. The van der Waals surface area contributed by atoms with E-state index in [2.05, 4.69) is 4.72 Å². The summed E-state index contributed by atoms with van der Waals surface area (Å²) in [5.74, 6) is -0.566. The minimum Gasteiger partial charge on any atom is -0.494 e. The molecule has 0 fully saturated rings. The SMILES string of the molecule is O=[N+]([O-])c1ccccc1S(=O)(=O)NCC12C=CC(O1)c1c2c(O)n(-c2ccc(Cl)cc2)c1O. The number of nitrogens with zero attached hydrogens (tertiary/aromatic N) is 2. The van der Waals surface area contributed by atoms with E-state index in [-0.39, 0.29) is 23.9 Å². The van der Waals surface area contributed by atoms with Gasteiger partial charge in [0, 0.05) is 17.6 Å². The van der Waals surface area contributed by atoms with Crippen molar-refractivity contribution in [2.24, 2.45) is 0 Å². The van der Waals surface area contributed by atoms with Gasteiger partial charge in [-0.15, -0.1) is 0 Å². The first kappa shape index (κ1) is 21.5. The number of benzene rings is 2. The molecule has 3 heterocycles. The number of para-hydroxylation sites is 1. The fourth-order valence-electron chi connectivity index (χ4n) is 4.24. The van der Waals surface area contributed by atoms with Gasteiger partial charge in [-0.3, -0.25) is 14.7 Å². The molecule has 5 rings (SSSR count). The van der Waals surface area contributed by atoms with Gasteiger partial charge in [0.15, 0.2) is 4.90 Å². The summed E-state index contributed by atoms with van der Waals surface area (Å²) in [6.45, 7) is -0.362. The topological polar surface area (TPSA) is 144 Å². The predicted molar refractivity (Wildman–Crippen MR) is 117 cm³/mol. The molecule has 2 aliphatic heterocycles. The highest BCUT2D eigenvalue weighted by Crippen LogP contribution is 2.58. The van der Waals surface area contributed by atoms with Crippen molar-refractivity contribution in [1.29, 1.82) is 0 Å². The minimum atomic E-state index is -4.30. The summed E-state index contributed by atoms with van der Waals surface area (Å²) in [6, 6.07) is 11.4. The number of nitrogens with one attached hydrogen (secondary N) is 1. The van der Waals surface area contributed by atoms with Gasteiger partial charge >= 0.3 is 0 Å². The number of ether oxygens (including phenoxy) is 1. The minimum absolute atomic E-state index is 0.215. The summed E-state index contributed by atoms with van der Waals surface area (Å²) in [7, 11) is -4.30. The van der Waals surface area contributed by atoms with Crippen molar-refractivity contribution in [3.8, 4) is 17.4 Å². The zero-order valence-corrected chi connectivity index (χ0v) is 18.2. The number of rotatable bonds is 6. The molecule has 2 aromatic carbocycles. The lowest BCUT2D eigenvalue weighted by Crippen LogP contribution is -2.38. The van der Waals surface area contributed by atoms with Crippen molar-refractivity contribution >= 4 is 27.3 Å². The van der Waals surface area contributed by atoms with Gasteiger partial charge in [0.25, 0.3) is 5.69 Å².